The van der Waals surface area contributed by atoms with Crippen molar-refractivity contribution in [2.45, 2.75) is 20.4 Å². The first kappa shape index (κ1) is 22.0. The number of hydrogen-bond acceptors (Lipinski definition) is 4. The largest absolute Gasteiger partial charge is 0.497 e. The maximum Gasteiger partial charge on any atom is 0.411 e. The second-order valence-electron chi connectivity index (χ2n) is 7.47. The van der Waals surface area contributed by atoms with Crippen LogP contribution in [0.3, 0.4) is 0 Å². The van der Waals surface area contributed by atoms with E-state index < -0.39 is 6.09 Å². The van der Waals surface area contributed by atoms with Crippen LogP contribution in [0, 0.1) is 11.3 Å². The normalized spacial score (nSPS) is 10.6. The minimum Gasteiger partial charge on any atom is -0.497 e. The lowest BCUT2D eigenvalue weighted by molar-refractivity contribution is 0.168. The highest BCUT2D eigenvalue weighted by Crippen LogP contribution is 2.37. The summed E-state index contributed by atoms with van der Waals surface area (Å²) in [6, 6.07) is 23.9. The molecule has 0 saturated heterocycles. The summed E-state index contributed by atoms with van der Waals surface area (Å²) >= 11 is 0. The molecule has 1 aromatic heterocycles. The molecule has 0 aliphatic rings. The summed E-state index contributed by atoms with van der Waals surface area (Å²) in [5.74, 6) is 0.783. The predicted molar refractivity (Wildman–Crippen MR) is 130 cm³/mol. The lowest BCUT2D eigenvalue weighted by atomic mass is 10.0. The van der Waals surface area contributed by atoms with E-state index in [1.54, 1.807) is 20.1 Å². The number of aromatic nitrogens is 1. The number of aryl methyl sites for hydroxylation is 1. The minimum absolute atomic E-state index is 0.295. The van der Waals surface area contributed by atoms with Crippen molar-refractivity contribution in [3.05, 3.63) is 72.3 Å². The maximum atomic E-state index is 11.9. The van der Waals surface area contributed by atoms with Crippen molar-refractivity contribution in [2.24, 2.45) is 0 Å². The number of ether oxygens (including phenoxy) is 2. The van der Waals surface area contributed by atoms with Gasteiger partial charge < -0.3 is 14.0 Å². The Bertz CT molecular complexity index is 1370. The molecule has 6 nitrogen and oxygen atoms in total. The minimum atomic E-state index is -0.505. The van der Waals surface area contributed by atoms with Crippen LogP contribution < -0.4 is 10.1 Å². The molecule has 1 amide bonds. The molecule has 0 aliphatic heterocycles. The van der Waals surface area contributed by atoms with Crippen LogP contribution in [0.2, 0.25) is 0 Å². The van der Waals surface area contributed by atoms with E-state index in [1.807, 2.05) is 42.5 Å². The molecular weight excluding hydrogens is 414 g/mol. The number of nitriles is 1. The Kier molecular flexibility index (Phi) is 6.32. The molecule has 0 radical (unpaired) electrons. The average molecular weight is 440 g/mol. The average Bonchev–Trinajstić information content (AvgIpc) is 3.17. The van der Waals surface area contributed by atoms with Crippen molar-refractivity contribution in [1.82, 2.24) is 4.57 Å². The molecule has 33 heavy (non-hydrogen) atoms. The molecule has 3 aromatic carbocycles. The third-order valence-corrected chi connectivity index (χ3v) is 5.55. The van der Waals surface area contributed by atoms with E-state index in [0.29, 0.717) is 24.4 Å². The van der Waals surface area contributed by atoms with E-state index in [2.05, 4.69) is 41.1 Å². The second kappa shape index (κ2) is 9.49. The number of carbonyl (C=O) groups excluding carboxylic acids is 1. The van der Waals surface area contributed by atoms with Gasteiger partial charge in [-0.05, 0) is 61.4 Å². The van der Waals surface area contributed by atoms with Crippen molar-refractivity contribution < 1.29 is 14.3 Å². The monoisotopic (exact) mass is 439 g/mol. The van der Waals surface area contributed by atoms with Crippen LogP contribution in [0.25, 0.3) is 33.3 Å². The number of methoxy groups -OCH3 is 1. The lowest BCUT2D eigenvalue weighted by Gasteiger charge is -2.11. The molecule has 0 fully saturated rings. The van der Waals surface area contributed by atoms with Crippen molar-refractivity contribution in [1.29, 1.82) is 5.26 Å². The first-order chi connectivity index (χ1) is 16.1. The van der Waals surface area contributed by atoms with Gasteiger partial charge in [0.15, 0.2) is 0 Å². The third-order valence-electron chi connectivity index (χ3n) is 5.55. The molecule has 0 aliphatic carbocycles. The molecule has 6 heteroatoms. The molecular formula is C27H25N3O3. The van der Waals surface area contributed by atoms with Crippen LogP contribution in [0.15, 0.2) is 66.7 Å². The van der Waals surface area contributed by atoms with Crippen molar-refractivity contribution in [2.75, 3.05) is 19.0 Å². The Hall–Kier alpha value is -4.24. The van der Waals surface area contributed by atoms with Gasteiger partial charge in [-0.15, -0.1) is 0 Å². The molecule has 1 heterocycles. The highest BCUT2D eigenvalue weighted by atomic mass is 16.5. The van der Waals surface area contributed by atoms with E-state index in [4.69, 9.17) is 9.47 Å². The topological polar surface area (TPSA) is 76.3 Å². The van der Waals surface area contributed by atoms with Crippen molar-refractivity contribution in [3.8, 4) is 34.2 Å². The van der Waals surface area contributed by atoms with Crippen LogP contribution in [0.1, 0.15) is 19.4 Å². The fraction of sp³-hybridized carbons (Fsp3) is 0.185. The molecule has 4 rings (SSSR count). The molecule has 166 valence electrons. The Labute approximate surface area is 193 Å². The van der Waals surface area contributed by atoms with Gasteiger partial charge in [0.1, 0.15) is 11.8 Å². The Balaban J connectivity index is 1.86. The zero-order chi connectivity index (χ0) is 23.4. The number of nitrogens with zero attached hydrogens (tertiary/aromatic N) is 2. The van der Waals surface area contributed by atoms with Gasteiger partial charge in [-0.25, -0.2) is 4.79 Å². The van der Waals surface area contributed by atoms with E-state index in [0.717, 1.165) is 39.0 Å². The van der Waals surface area contributed by atoms with Crippen LogP contribution in [-0.2, 0) is 11.3 Å². The molecule has 1 N–H and O–H groups in total. The summed E-state index contributed by atoms with van der Waals surface area (Å²) in [5.41, 5.74) is 5.90. The number of rotatable bonds is 6. The quantitative estimate of drug-likeness (QED) is 0.375. The summed E-state index contributed by atoms with van der Waals surface area (Å²) in [4.78, 5) is 11.9. The number of fused-ring (bicyclic) bond motifs is 1. The fourth-order valence-electron chi connectivity index (χ4n) is 4.11. The smallest absolute Gasteiger partial charge is 0.411 e. The summed E-state index contributed by atoms with van der Waals surface area (Å²) < 4.78 is 12.5. The highest BCUT2D eigenvalue weighted by molar-refractivity contribution is 5.97. The van der Waals surface area contributed by atoms with E-state index in [1.165, 1.54) is 0 Å². The first-order valence-electron chi connectivity index (χ1n) is 10.8. The molecule has 4 aromatic rings. The van der Waals surface area contributed by atoms with Crippen molar-refractivity contribution >= 4 is 22.7 Å². The van der Waals surface area contributed by atoms with Crippen LogP contribution >= 0.6 is 0 Å². The van der Waals surface area contributed by atoms with E-state index >= 15 is 0 Å². The SMILES string of the molecule is CCOC(=O)Nc1cccc(-c2c(C#N)c3cc(-c4cccc(OC)c4)ccc3n2CC)c1. The lowest BCUT2D eigenvalue weighted by Crippen LogP contribution is -2.13. The third kappa shape index (κ3) is 4.26. The molecule has 0 saturated carbocycles. The van der Waals surface area contributed by atoms with Crippen LogP contribution in [0.4, 0.5) is 10.5 Å². The second-order valence-corrected chi connectivity index (χ2v) is 7.47. The molecule has 0 unspecified atom stereocenters. The van der Waals surface area contributed by atoms with Gasteiger partial charge >= 0.3 is 6.09 Å². The Morgan fingerprint density at radius 1 is 1.00 bits per heavy atom. The summed E-state index contributed by atoms with van der Waals surface area (Å²) in [6.45, 7) is 4.81. The van der Waals surface area contributed by atoms with Gasteiger partial charge in [-0.3, -0.25) is 5.32 Å². The molecule has 0 spiro atoms. The number of anilines is 1. The summed E-state index contributed by atoms with van der Waals surface area (Å²) in [7, 11) is 1.65. The number of carbonyl (C=O) groups is 1. The highest BCUT2D eigenvalue weighted by Gasteiger charge is 2.19. The number of hydrogen-bond donors (Lipinski definition) is 1. The first-order valence-corrected chi connectivity index (χ1v) is 10.8. The summed E-state index contributed by atoms with van der Waals surface area (Å²) in [6.07, 6.45) is -0.505. The van der Waals surface area contributed by atoms with E-state index in [9.17, 15) is 10.1 Å². The predicted octanol–water partition coefficient (Wildman–Crippen LogP) is 6.44. The standard InChI is InChI=1S/C27H25N3O3/c1-4-30-25-13-12-19(18-8-7-11-22(15-18)32-3)16-23(25)24(17-28)26(30)20-9-6-10-21(14-20)29-27(31)33-5-2/h6-16H,4-5H2,1-3H3,(H,29,31). The zero-order valence-electron chi connectivity index (χ0n) is 18.9. The molecule has 0 bridgehead atoms. The summed E-state index contributed by atoms with van der Waals surface area (Å²) in [5, 5.41) is 13.8. The number of benzene rings is 3. The van der Waals surface area contributed by atoms with Gasteiger partial charge in [0.25, 0.3) is 0 Å². The number of nitrogens with one attached hydrogen (secondary N) is 1. The van der Waals surface area contributed by atoms with E-state index in [-0.39, 0.29) is 0 Å². The maximum absolute atomic E-state index is 11.9. The fourth-order valence-corrected chi connectivity index (χ4v) is 4.11. The molecule has 0 atom stereocenters. The Morgan fingerprint density at radius 2 is 1.76 bits per heavy atom. The van der Waals surface area contributed by atoms with Gasteiger partial charge in [0.2, 0.25) is 0 Å². The van der Waals surface area contributed by atoms with Gasteiger partial charge in [-0.1, -0.05) is 30.3 Å². The van der Waals surface area contributed by atoms with Gasteiger partial charge in [0, 0.05) is 28.7 Å². The van der Waals surface area contributed by atoms with Crippen molar-refractivity contribution in [3.63, 3.8) is 0 Å². The van der Waals surface area contributed by atoms with Gasteiger partial charge in [-0.2, -0.15) is 5.26 Å². The Morgan fingerprint density at radius 3 is 2.48 bits per heavy atom. The van der Waals surface area contributed by atoms with Crippen LogP contribution in [0.5, 0.6) is 5.75 Å². The zero-order valence-corrected chi connectivity index (χ0v) is 18.9. The number of amides is 1. The van der Waals surface area contributed by atoms with Crippen LogP contribution in [-0.4, -0.2) is 24.4 Å². The van der Waals surface area contributed by atoms with Gasteiger partial charge in [0.05, 0.1) is 25.0 Å².